The standard InChI is InChI=1S/C10H9Cl2N3O2/c1-14-5-8(16)15(10(14)17)4-6-2-3-7(11)13-9(6)12/h2-3H,4-5H2,1H3. The maximum atomic E-state index is 11.6. The van der Waals surface area contributed by atoms with Crippen molar-refractivity contribution in [3.05, 3.63) is 28.0 Å². The summed E-state index contributed by atoms with van der Waals surface area (Å²) in [6.07, 6.45) is 0. The van der Waals surface area contributed by atoms with Crippen molar-refractivity contribution in [1.29, 1.82) is 0 Å². The van der Waals surface area contributed by atoms with Gasteiger partial charge < -0.3 is 4.90 Å². The van der Waals surface area contributed by atoms with Crippen LogP contribution in [-0.2, 0) is 11.3 Å². The molecule has 0 bridgehead atoms. The molecule has 1 aromatic rings. The van der Waals surface area contributed by atoms with Gasteiger partial charge in [-0.05, 0) is 6.07 Å². The van der Waals surface area contributed by atoms with Crippen molar-refractivity contribution in [3.8, 4) is 0 Å². The first kappa shape index (κ1) is 12.1. The lowest BCUT2D eigenvalue weighted by Gasteiger charge is -2.14. The highest BCUT2D eigenvalue weighted by Crippen LogP contribution is 2.20. The van der Waals surface area contributed by atoms with Gasteiger partial charge in [0.25, 0.3) is 5.91 Å². The van der Waals surface area contributed by atoms with Crippen LogP contribution in [0.5, 0.6) is 0 Å². The number of halogens is 2. The molecule has 2 rings (SSSR count). The van der Waals surface area contributed by atoms with Crippen LogP contribution in [0.25, 0.3) is 0 Å². The molecule has 0 unspecified atom stereocenters. The van der Waals surface area contributed by atoms with Gasteiger partial charge in [-0.15, -0.1) is 0 Å². The van der Waals surface area contributed by atoms with Crippen molar-refractivity contribution >= 4 is 35.1 Å². The minimum absolute atomic E-state index is 0.0947. The predicted molar refractivity (Wildman–Crippen MR) is 62.8 cm³/mol. The fourth-order valence-electron chi connectivity index (χ4n) is 1.55. The fourth-order valence-corrected chi connectivity index (χ4v) is 1.96. The van der Waals surface area contributed by atoms with Crippen molar-refractivity contribution in [2.75, 3.05) is 13.6 Å². The summed E-state index contributed by atoms with van der Waals surface area (Å²) in [5.74, 6) is -0.247. The van der Waals surface area contributed by atoms with E-state index in [-0.39, 0.29) is 35.3 Å². The largest absolute Gasteiger partial charge is 0.327 e. The second kappa shape index (κ2) is 4.50. The number of carbonyl (C=O) groups is 2. The zero-order chi connectivity index (χ0) is 12.6. The zero-order valence-electron chi connectivity index (χ0n) is 8.98. The summed E-state index contributed by atoms with van der Waals surface area (Å²) in [6.45, 7) is 0.211. The fraction of sp³-hybridized carbons (Fsp3) is 0.300. The number of likely N-dealkylation sites (N-methyl/N-ethyl adjacent to an activating group) is 1. The van der Waals surface area contributed by atoms with E-state index in [1.807, 2.05) is 0 Å². The number of hydrogen-bond acceptors (Lipinski definition) is 3. The predicted octanol–water partition coefficient (Wildman–Crippen LogP) is 1.78. The number of urea groups is 1. The Morgan fingerprint density at radius 3 is 2.59 bits per heavy atom. The van der Waals surface area contributed by atoms with Gasteiger partial charge in [0, 0.05) is 12.6 Å². The summed E-state index contributed by atoms with van der Waals surface area (Å²) in [5.41, 5.74) is 0.591. The lowest BCUT2D eigenvalue weighted by molar-refractivity contribution is -0.125. The third-order valence-corrected chi connectivity index (χ3v) is 2.99. The van der Waals surface area contributed by atoms with Crippen molar-refractivity contribution in [2.24, 2.45) is 0 Å². The van der Waals surface area contributed by atoms with Gasteiger partial charge in [-0.25, -0.2) is 9.78 Å². The third-order valence-electron chi connectivity index (χ3n) is 2.45. The molecule has 0 saturated carbocycles. The molecule has 17 heavy (non-hydrogen) atoms. The van der Waals surface area contributed by atoms with Gasteiger partial charge in [0.15, 0.2) is 0 Å². The van der Waals surface area contributed by atoms with E-state index in [2.05, 4.69) is 4.98 Å². The van der Waals surface area contributed by atoms with E-state index >= 15 is 0 Å². The number of amides is 3. The number of rotatable bonds is 2. The molecule has 0 N–H and O–H groups in total. The third kappa shape index (κ3) is 2.35. The van der Waals surface area contributed by atoms with Gasteiger partial charge in [0.05, 0.1) is 6.54 Å². The molecule has 0 aliphatic carbocycles. The van der Waals surface area contributed by atoms with Crippen molar-refractivity contribution in [3.63, 3.8) is 0 Å². The molecule has 1 fully saturated rings. The Bertz CT molecular complexity index is 492. The highest BCUT2D eigenvalue weighted by Gasteiger charge is 2.33. The lowest BCUT2D eigenvalue weighted by Crippen LogP contribution is -2.31. The number of imide groups is 1. The molecule has 0 spiro atoms. The van der Waals surface area contributed by atoms with Gasteiger partial charge in [-0.3, -0.25) is 9.69 Å². The molecule has 1 aromatic heterocycles. The van der Waals surface area contributed by atoms with E-state index in [1.165, 1.54) is 4.90 Å². The van der Waals surface area contributed by atoms with E-state index in [4.69, 9.17) is 23.2 Å². The Morgan fingerprint density at radius 1 is 1.35 bits per heavy atom. The maximum Gasteiger partial charge on any atom is 0.327 e. The first-order chi connectivity index (χ1) is 7.99. The molecule has 5 nitrogen and oxygen atoms in total. The number of aromatic nitrogens is 1. The minimum Gasteiger partial charge on any atom is -0.318 e. The molecule has 0 atom stereocenters. The molecule has 1 aliphatic heterocycles. The van der Waals surface area contributed by atoms with Crippen LogP contribution in [0.4, 0.5) is 4.79 Å². The van der Waals surface area contributed by atoms with Crippen LogP contribution in [0.1, 0.15) is 5.56 Å². The van der Waals surface area contributed by atoms with E-state index in [1.54, 1.807) is 19.2 Å². The summed E-state index contributed by atoms with van der Waals surface area (Å²) < 4.78 is 0. The molecule has 0 aromatic carbocycles. The molecular formula is C10H9Cl2N3O2. The van der Waals surface area contributed by atoms with Crippen molar-refractivity contribution in [2.45, 2.75) is 6.54 Å². The Balaban J connectivity index is 2.21. The average Bonchev–Trinajstić information content (AvgIpc) is 2.48. The van der Waals surface area contributed by atoms with Crippen LogP contribution in [0.3, 0.4) is 0 Å². The van der Waals surface area contributed by atoms with Gasteiger partial charge in [0.1, 0.15) is 16.9 Å². The highest BCUT2D eigenvalue weighted by molar-refractivity contribution is 6.32. The summed E-state index contributed by atoms with van der Waals surface area (Å²) in [4.78, 5) is 29.5. The normalized spacial score (nSPS) is 15.9. The second-order valence-corrected chi connectivity index (χ2v) is 4.45. The van der Waals surface area contributed by atoms with E-state index in [0.29, 0.717) is 5.56 Å². The number of hydrogen-bond donors (Lipinski definition) is 0. The van der Waals surface area contributed by atoms with Crippen LogP contribution in [0.2, 0.25) is 10.3 Å². The number of carbonyl (C=O) groups excluding carboxylic acids is 2. The van der Waals surface area contributed by atoms with Crippen LogP contribution in [-0.4, -0.2) is 40.3 Å². The first-order valence-corrected chi connectivity index (χ1v) is 5.61. The lowest BCUT2D eigenvalue weighted by atomic mass is 10.2. The smallest absolute Gasteiger partial charge is 0.318 e. The van der Waals surface area contributed by atoms with Gasteiger partial charge in [-0.2, -0.15) is 0 Å². The topological polar surface area (TPSA) is 53.5 Å². The van der Waals surface area contributed by atoms with Crippen LogP contribution < -0.4 is 0 Å². The molecule has 7 heteroatoms. The summed E-state index contributed by atoms with van der Waals surface area (Å²) >= 11 is 11.5. The molecule has 3 amide bonds. The summed E-state index contributed by atoms with van der Waals surface area (Å²) in [5, 5.41) is 0.475. The van der Waals surface area contributed by atoms with E-state index < -0.39 is 0 Å². The van der Waals surface area contributed by atoms with Gasteiger partial charge >= 0.3 is 6.03 Å². The molecule has 1 saturated heterocycles. The van der Waals surface area contributed by atoms with Crippen LogP contribution >= 0.6 is 23.2 Å². The SMILES string of the molecule is CN1CC(=O)N(Cc2ccc(Cl)nc2Cl)C1=O. The highest BCUT2D eigenvalue weighted by atomic mass is 35.5. The van der Waals surface area contributed by atoms with Crippen molar-refractivity contribution in [1.82, 2.24) is 14.8 Å². The van der Waals surface area contributed by atoms with Gasteiger partial charge in [-0.1, -0.05) is 29.3 Å². The average molecular weight is 274 g/mol. The Morgan fingerprint density at radius 2 is 2.06 bits per heavy atom. The summed E-state index contributed by atoms with van der Waals surface area (Å²) in [7, 11) is 1.57. The van der Waals surface area contributed by atoms with Crippen LogP contribution in [0, 0.1) is 0 Å². The Hall–Kier alpha value is -1.33. The monoisotopic (exact) mass is 273 g/mol. The molecular weight excluding hydrogens is 265 g/mol. The molecule has 90 valence electrons. The van der Waals surface area contributed by atoms with Gasteiger partial charge in [0.2, 0.25) is 0 Å². The van der Waals surface area contributed by atoms with Crippen LogP contribution in [0.15, 0.2) is 12.1 Å². The quantitative estimate of drug-likeness (QED) is 0.610. The second-order valence-electron chi connectivity index (χ2n) is 3.70. The van der Waals surface area contributed by atoms with E-state index in [0.717, 1.165) is 4.90 Å². The molecule has 2 heterocycles. The minimum atomic E-state index is -0.332. The summed E-state index contributed by atoms with van der Waals surface area (Å²) in [6, 6.07) is 2.88. The maximum absolute atomic E-state index is 11.6. The van der Waals surface area contributed by atoms with E-state index in [9.17, 15) is 9.59 Å². The molecule has 1 aliphatic rings. The zero-order valence-corrected chi connectivity index (χ0v) is 10.5. The number of pyridine rings is 1. The Kier molecular flexibility index (Phi) is 3.22. The molecule has 0 radical (unpaired) electrons. The van der Waals surface area contributed by atoms with Crippen molar-refractivity contribution < 1.29 is 9.59 Å². The Labute approximate surface area is 108 Å². The first-order valence-electron chi connectivity index (χ1n) is 4.85. The number of nitrogens with zero attached hydrogens (tertiary/aromatic N) is 3.